The van der Waals surface area contributed by atoms with E-state index in [0.717, 1.165) is 41.5 Å². The third-order valence-electron chi connectivity index (χ3n) is 7.93. The van der Waals surface area contributed by atoms with Crippen LogP contribution in [0.1, 0.15) is 21.5 Å². The Hall–Kier alpha value is -6.10. The van der Waals surface area contributed by atoms with Crippen LogP contribution in [0, 0.1) is 29.8 Å². The standard InChI is InChI=1S/C20H15F2NO3S.C20H13F2NO2S/c21-17-8-6-14(13-4-2-1-3-5-13)10-16(17)12-27(25,26)19-11-15(20(23)24)7-9-18(19)22;1-23-17-8-10-19(22)20(12-17)26(24,25)13-16-11-15(7-9-18(16)21)14-5-3-2-4-6-14/h1-11H,12H2,(H2,23,24);2-12H,13H2. The molecule has 0 aromatic heterocycles. The fourth-order valence-electron chi connectivity index (χ4n) is 5.25. The minimum absolute atomic E-state index is 0.00323. The first-order valence-electron chi connectivity index (χ1n) is 15.6. The van der Waals surface area contributed by atoms with Crippen LogP contribution in [0.2, 0.25) is 0 Å². The molecule has 6 aromatic carbocycles. The number of hydrogen-bond acceptors (Lipinski definition) is 5. The van der Waals surface area contributed by atoms with Gasteiger partial charge in [-0.2, -0.15) is 0 Å². The van der Waals surface area contributed by atoms with Gasteiger partial charge < -0.3 is 5.73 Å². The van der Waals surface area contributed by atoms with Crippen LogP contribution in [0.4, 0.5) is 23.2 Å². The highest BCUT2D eigenvalue weighted by atomic mass is 32.2. The normalized spacial score (nSPS) is 11.2. The van der Waals surface area contributed by atoms with Crippen LogP contribution in [0.25, 0.3) is 27.1 Å². The molecule has 0 radical (unpaired) electrons. The van der Waals surface area contributed by atoms with Gasteiger partial charge in [0.1, 0.15) is 28.2 Å². The molecular formula is C40H28F4N2O5S2. The van der Waals surface area contributed by atoms with E-state index < -0.39 is 70.1 Å². The Kier molecular flexibility index (Phi) is 11.6. The molecule has 0 saturated heterocycles. The third-order valence-corrected chi connectivity index (χ3v) is 11.3. The van der Waals surface area contributed by atoms with Crippen LogP contribution in [0.5, 0.6) is 0 Å². The lowest BCUT2D eigenvalue weighted by atomic mass is 10.0. The summed E-state index contributed by atoms with van der Waals surface area (Å²) in [7, 11) is -8.40. The highest BCUT2D eigenvalue weighted by Gasteiger charge is 2.24. The second-order valence-electron chi connectivity index (χ2n) is 11.6. The van der Waals surface area contributed by atoms with E-state index in [4.69, 9.17) is 12.3 Å². The minimum atomic E-state index is -4.24. The van der Waals surface area contributed by atoms with Crippen molar-refractivity contribution in [3.8, 4) is 22.3 Å². The molecule has 0 fully saturated rings. The second-order valence-corrected chi connectivity index (χ2v) is 15.5. The quantitative estimate of drug-likeness (QED) is 0.117. The van der Waals surface area contributed by atoms with Gasteiger partial charge in [0.15, 0.2) is 25.4 Å². The smallest absolute Gasteiger partial charge is 0.248 e. The van der Waals surface area contributed by atoms with E-state index in [9.17, 15) is 39.2 Å². The molecule has 0 aliphatic rings. The molecule has 0 spiro atoms. The molecule has 13 heteroatoms. The van der Waals surface area contributed by atoms with Gasteiger partial charge in [-0.3, -0.25) is 4.79 Å². The Morgan fingerprint density at radius 1 is 0.528 bits per heavy atom. The van der Waals surface area contributed by atoms with E-state index in [0.29, 0.717) is 11.1 Å². The minimum Gasteiger partial charge on any atom is -0.366 e. The summed E-state index contributed by atoms with van der Waals surface area (Å²) in [4.78, 5) is 13.1. The number of primary amides is 1. The SMILES string of the molecule is NC(=O)c1ccc(F)c(S(=O)(=O)Cc2cc(-c3ccccc3)ccc2F)c1.[C-]#[N+]c1ccc(F)c(S(=O)(=O)Cc2cc(-c3ccccc3)ccc2F)c1. The van der Waals surface area contributed by atoms with E-state index in [2.05, 4.69) is 4.85 Å². The number of sulfone groups is 2. The monoisotopic (exact) mass is 756 g/mol. The van der Waals surface area contributed by atoms with Crippen LogP contribution in [0.15, 0.2) is 143 Å². The van der Waals surface area contributed by atoms with Gasteiger partial charge in [0, 0.05) is 16.7 Å². The molecule has 0 atom stereocenters. The van der Waals surface area contributed by atoms with Crippen molar-refractivity contribution < 1.29 is 39.2 Å². The van der Waals surface area contributed by atoms with E-state index >= 15 is 0 Å². The molecular weight excluding hydrogens is 729 g/mol. The molecule has 6 aromatic rings. The molecule has 0 bridgehead atoms. The number of hydrogen-bond donors (Lipinski definition) is 1. The molecule has 0 saturated carbocycles. The largest absolute Gasteiger partial charge is 0.366 e. The second kappa shape index (κ2) is 16.1. The lowest BCUT2D eigenvalue weighted by Gasteiger charge is -2.10. The van der Waals surface area contributed by atoms with Crippen LogP contribution < -0.4 is 5.73 Å². The maximum absolute atomic E-state index is 14.2. The van der Waals surface area contributed by atoms with Crippen molar-refractivity contribution >= 4 is 31.3 Å². The average Bonchev–Trinajstić information content (AvgIpc) is 3.14. The highest BCUT2D eigenvalue weighted by Crippen LogP contribution is 2.29. The van der Waals surface area contributed by atoms with Crippen molar-refractivity contribution in [2.24, 2.45) is 5.73 Å². The van der Waals surface area contributed by atoms with Gasteiger partial charge in [-0.05, 0) is 76.9 Å². The maximum atomic E-state index is 14.2. The average molecular weight is 757 g/mol. The number of benzene rings is 6. The van der Waals surface area contributed by atoms with Crippen LogP contribution in [-0.4, -0.2) is 22.7 Å². The van der Waals surface area contributed by atoms with Gasteiger partial charge in [-0.15, -0.1) is 0 Å². The van der Waals surface area contributed by atoms with E-state index in [1.165, 1.54) is 36.4 Å². The number of nitrogens with zero attached hydrogens (tertiary/aromatic N) is 1. The zero-order valence-corrected chi connectivity index (χ0v) is 29.1. The number of carbonyl (C=O) groups is 1. The van der Waals surface area contributed by atoms with Crippen LogP contribution in [0.3, 0.4) is 0 Å². The Morgan fingerprint density at radius 2 is 0.943 bits per heavy atom. The van der Waals surface area contributed by atoms with E-state index in [-0.39, 0.29) is 22.4 Å². The first-order chi connectivity index (χ1) is 25.2. The van der Waals surface area contributed by atoms with Crippen LogP contribution in [-0.2, 0) is 31.2 Å². The topological polar surface area (TPSA) is 116 Å². The molecule has 0 unspecified atom stereocenters. The number of rotatable bonds is 9. The van der Waals surface area contributed by atoms with Gasteiger partial charge in [0.2, 0.25) is 5.91 Å². The van der Waals surface area contributed by atoms with Crippen molar-refractivity contribution in [3.05, 3.63) is 185 Å². The first kappa shape index (κ1) is 38.1. The maximum Gasteiger partial charge on any atom is 0.248 e. The predicted molar refractivity (Wildman–Crippen MR) is 193 cm³/mol. The lowest BCUT2D eigenvalue weighted by molar-refractivity contribution is 0.1000. The Bertz CT molecular complexity index is 2580. The summed E-state index contributed by atoms with van der Waals surface area (Å²) < 4.78 is 107. The number of halogens is 4. The Morgan fingerprint density at radius 3 is 1.38 bits per heavy atom. The molecule has 2 N–H and O–H groups in total. The summed E-state index contributed by atoms with van der Waals surface area (Å²) in [6, 6.07) is 32.4. The first-order valence-corrected chi connectivity index (χ1v) is 18.9. The van der Waals surface area contributed by atoms with Crippen molar-refractivity contribution in [1.29, 1.82) is 0 Å². The summed E-state index contributed by atoms with van der Waals surface area (Å²) in [5.41, 5.74) is 7.72. The van der Waals surface area contributed by atoms with Gasteiger partial charge >= 0.3 is 0 Å². The van der Waals surface area contributed by atoms with Crippen molar-refractivity contribution in [2.75, 3.05) is 0 Å². The fraction of sp³-hybridized carbons (Fsp3) is 0.0500. The molecule has 0 aliphatic heterocycles. The van der Waals surface area contributed by atoms with Crippen molar-refractivity contribution in [1.82, 2.24) is 0 Å². The predicted octanol–water partition coefficient (Wildman–Crippen LogP) is 8.86. The Balaban J connectivity index is 0.000000204. The molecule has 0 aliphatic carbocycles. The van der Waals surface area contributed by atoms with Gasteiger partial charge in [0.05, 0.1) is 23.0 Å². The Labute approximate surface area is 303 Å². The number of carbonyl (C=O) groups excluding carboxylic acids is 1. The fourth-order valence-corrected chi connectivity index (χ4v) is 8.16. The summed E-state index contributed by atoms with van der Waals surface area (Å²) in [5, 5.41) is 0. The summed E-state index contributed by atoms with van der Waals surface area (Å²) in [6.45, 7) is 6.94. The molecule has 268 valence electrons. The van der Waals surface area contributed by atoms with Gasteiger partial charge in [-0.1, -0.05) is 78.9 Å². The van der Waals surface area contributed by atoms with Gasteiger partial charge in [-0.25, -0.2) is 39.2 Å². The van der Waals surface area contributed by atoms with Crippen molar-refractivity contribution in [3.63, 3.8) is 0 Å². The molecule has 53 heavy (non-hydrogen) atoms. The highest BCUT2D eigenvalue weighted by molar-refractivity contribution is 7.91. The van der Waals surface area contributed by atoms with Gasteiger partial charge in [0.25, 0.3) is 0 Å². The molecule has 7 nitrogen and oxygen atoms in total. The zero-order valence-electron chi connectivity index (χ0n) is 27.5. The summed E-state index contributed by atoms with van der Waals surface area (Å²) >= 11 is 0. The lowest BCUT2D eigenvalue weighted by Crippen LogP contribution is -2.14. The summed E-state index contributed by atoms with van der Waals surface area (Å²) in [6.07, 6.45) is 0. The molecule has 6 rings (SSSR count). The molecule has 0 heterocycles. The number of amides is 1. The van der Waals surface area contributed by atoms with Crippen LogP contribution >= 0.6 is 0 Å². The van der Waals surface area contributed by atoms with Crippen molar-refractivity contribution in [2.45, 2.75) is 21.3 Å². The third kappa shape index (κ3) is 9.23. The van der Waals surface area contributed by atoms with E-state index in [1.807, 2.05) is 48.5 Å². The molecule has 1 amide bonds. The summed E-state index contributed by atoms with van der Waals surface area (Å²) in [5.74, 6) is -5.73. The number of nitrogens with two attached hydrogens (primary N) is 1. The zero-order chi connectivity index (χ0) is 38.3. The van der Waals surface area contributed by atoms with E-state index in [1.54, 1.807) is 18.2 Å².